The highest BCUT2D eigenvalue weighted by Gasteiger charge is 2.54. The number of aromatic nitrogens is 4. The predicted molar refractivity (Wildman–Crippen MR) is 246 cm³/mol. The molecule has 0 fully saturated rings. The molecule has 8 aromatic rings. The lowest BCUT2D eigenvalue weighted by atomic mass is 9.67. The standard InChI is InChI=1S/C56H40N4/c1-3-4-20-46-45-23-10-13-27-50(45)56(48-25-11-8-21-43(48)44-22-9-12-26-49(44)56)51(46)47-35-41(29-28-36(47)2)55-59-53(39-16-6-5-7-17-39)58-54(60-55)40-32-30-37(31-33-40)42-24-14-18-38-19-15-34-57-52(38)42/h3-36H,1-2H3/b4-3-,46-20+,51-47-. The Hall–Kier alpha value is -7.56. The molecule has 3 aliphatic rings. The Balaban J connectivity index is 1.12. The van der Waals surface area contributed by atoms with Crippen LogP contribution in [0.3, 0.4) is 0 Å². The molecule has 0 N–H and O–H groups in total. The van der Waals surface area contributed by atoms with Gasteiger partial charge < -0.3 is 0 Å². The average Bonchev–Trinajstić information content (AvgIpc) is 3.78. The zero-order valence-corrected chi connectivity index (χ0v) is 33.4. The van der Waals surface area contributed by atoms with Crippen LogP contribution in [0.25, 0.3) is 67.1 Å². The van der Waals surface area contributed by atoms with Gasteiger partial charge >= 0.3 is 0 Å². The third-order valence-corrected chi connectivity index (χ3v) is 12.3. The highest BCUT2D eigenvalue weighted by atomic mass is 15.0. The lowest BCUT2D eigenvalue weighted by Crippen LogP contribution is -2.28. The van der Waals surface area contributed by atoms with Gasteiger partial charge in [0.1, 0.15) is 0 Å². The van der Waals surface area contributed by atoms with E-state index in [0.29, 0.717) is 17.5 Å². The summed E-state index contributed by atoms with van der Waals surface area (Å²) in [7, 11) is 0. The van der Waals surface area contributed by atoms with Crippen LogP contribution in [0.5, 0.6) is 0 Å². The van der Waals surface area contributed by atoms with Gasteiger partial charge in [-0.05, 0) is 80.6 Å². The summed E-state index contributed by atoms with van der Waals surface area (Å²) in [5, 5.41) is 1.12. The number of rotatable bonds is 5. The van der Waals surface area contributed by atoms with Gasteiger partial charge in [-0.2, -0.15) is 0 Å². The van der Waals surface area contributed by atoms with Gasteiger partial charge in [-0.3, -0.25) is 4.98 Å². The molecular formula is C56H40N4. The maximum Gasteiger partial charge on any atom is 0.164 e. The van der Waals surface area contributed by atoms with E-state index in [4.69, 9.17) is 19.9 Å². The normalized spacial score (nSPS) is 17.9. The van der Waals surface area contributed by atoms with Crippen LogP contribution < -0.4 is 0 Å². The van der Waals surface area contributed by atoms with E-state index >= 15 is 0 Å². The van der Waals surface area contributed by atoms with Crippen LogP contribution in [-0.2, 0) is 5.41 Å². The molecule has 3 aliphatic carbocycles. The number of allylic oxidation sites excluding steroid dienone is 10. The van der Waals surface area contributed by atoms with E-state index in [0.717, 1.165) is 38.7 Å². The summed E-state index contributed by atoms with van der Waals surface area (Å²) in [5.41, 5.74) is 17.1. The van der Waals surface area contributed by atoms with E-state index in [9.17, 15) is 0 Å². The van der Waals surface area contributed by atoms with Crippen molar-refractivity contribution in [2.24, 2.45) is 5.92 Å². The number of hydrogen-bond acceptors (Lipinski definition) is 4. The van der Waals surface area contributed by atoms with Gasteiger partial charge in [0.15, 0.2) is 17.5 Å². The molecule has 0 saturated carbocycles. The van der Waals surface area contributed by atoms with Gasteiger partial charge in [-0.15, -0.1) is 0 Å². The van der Waals surface area contributed by atoms with Crippen molar-refractivity contribution in [3.05, 3.63) is 240 Å². The second-order valence-electron chi connectivity index (χ2n) is 15.7. The number of hydrogen-bond donors (Lipinski definition) is 0. The lowest BCUT2D eigenvalue weighted by molar-refractivity contribution is 0.758. The van der Waals surface area contributed by atoms with Crippen molar-refractivity contribution >= 4 is 22.0 Å². The second-order valence-corrected chi connectivity index (χ2v) is 15.7. The van der Waals surface area contributed by atoms with Crippen LogP contribution in [0.1, 0.15) is 41.9 Å². The van der Waals surface area contributed by atoms with Gasteiger partial charge in [-0.1, -0.05) is 189 Å². The molecule has 11 rings (SSSR count). The summed E-state index contributed by atoms with van der Waals surface area (Å²) in [4.78, 5) is 20.3. The number of fused-ring (bicyclic) bond motifs is 8. The zero-order chi connectivity index (χ0) is 40.2. The first kappa shape index (κ1) is 35.6. The van der Waals surface area contributed by atoms with E-state index in [1.165, 1.54) is 50.1 Å². The maximum absolute atomic E-state index is 5.26. The molecule has 1 atom stereocenters. The first-order chi connectivity index (χ1) is 29.6. The van der Waals surface area contributed by atoms with E-state index in [-0.39, 0.29) is 5.92 Å². The minimum absolute atomic E-state index is 0.120. The summed E-state index contributed by atoms with van der Waals surface area (Å²) < 4.78 is 0. The molecule has 1 unspecified atom stereocenters. The third kappa shape index (κ3) is 5.52. The van der Waals surface area contributed by atoms with Gasteiger partial charge in [0.05, 0.1) is 10.9 Å². The molecule has 4 nitrogen and oxygen atoms in total. The van der Waals surface area contributed by atoms with Crippen LogP contribution in [0.15, 0.2) is 212 Å². The summed E-state index contributed by atoms with van der Waals surface area (Å²) in [6.07, 6.45) is 15.3. The van der Waals surface area contributed by atoms with Crippen LogP contribution in [0.2, 0.25) is 0 Å². The Labute approximate surface area is 350 Å². The predicted octanol–water partition coefficient (Wildman–Crippen LogP) is 13.3. The average molecular weight is 769 g/mol. The topological polar surface area (TPSA) is 51.6 Å². The Morgan fingerprint density at radius 1 is 0.533 bits per heavy atom. The third-order valence-electron chi connectivity index (χ3n) is 12.3. The fraction of sp³-hybridized carbons (Fsp3) is 0.0714. The molecule has 1 spiro atoms. The lowest BCUT2D eigenvalue weighted by Gasteiger charge is -2.34. The van der Waals surface area contributed by atoms with Crippen molar-refractivity contribution in [1.82, 2.24) is 19.9 Å². The Kier molecular flexibility index (Phi) is 8.52. The number of nitrogens with zero attached hydrogens (tertiary/aromatic N) is 4. The number of pyridine rings is 1. The maximum atomic E-state index is 5.26. The molecule has 0 aliphatic heterocycles. The van der Waals surface area contributed by atoms with E-state index in [1.54, 1.807) is 0 Å². The molecule has 0 amide bonds. The monoisotopic (exact) mass is 768 g/mol. The van der Waals surface area contributed by atoms with E-state index in [1.807, 2.05) is 30.5 Å². The first-order valence-corrected chi connectivity index (χ1v) is 20.7. The minimum atomic E-state index is -0.506. The molecule has 0 saturated heterocycles. The Bertz CT molecular complexity index is 3110. The largest absolute Gasteiger partial charge is 0.256 e. The van der Waals surface area contributed by atoms with E-state index in [2.05, 4.69) is 184 Å². The summed E-state index contributed by atoms with van der Waals surface area (Å²) in [6.45, 7) is 4.39. The molecule has 0 bridgehead atoms. The molecule has 284 valence electrons. The molecule has 2 aromatic heterocycles. The highest BCUT2D eigenvalue weighted by molar-refractivity contribution is 6.02. The van der Waals surface area contributed by atoms with Crippen LogP contribution in [0.4, 0.5) is 0 Å². The van der Waals surface area contributed by atoms with Gasteiger partial charge in [0.25, 0.3) is 0 Å². The fourth-order valence-electron chi connectivity index (χ4n) is 9.67. The molecule has 0 radical (unpaired) electrons. The van der Waals surface area contributed by atoms with Crippen molar-refractivity contribution in [2.45, 2.75) is 19.3 Å². The van der Waals surface area contributed by atoms with Gasteiger partial charge in [0, 0.05) is 33.8 Å². The summed E-state index contributed by atoms with van der Waals surface area (Å²) in [5.74, 6) is 2.02. The SMILES string of the molecule is C\C=C/C=C1/C(=C2\C=C(c3nc(-c4ccccc4)nc(-c4ccc(-c5cccc6cccnc56)cc4)n3)C=CC2C)C2(c3ccccc31)c1ccccc1-c1ccccc12. The Morgan fingerprint density at radius 3 is 1.80 bits per heavy atom. The first-order valence-electron chi connectivity index (χ1n) is 20.7. The molecule has 4 heteroatoms. The number of benzene rings is 6. The molecular weight excluding hydrogens is 729 g/mol. The van der Waals surface area contributed by atoms with Crippen LogP contribution in [-0.4, -0.2) is 19.9 Å². The summed E-state index contributed by atoms with van der Waals surface area (Å²) >= 11 is 0. The molecule has 60 heavy (non-hydrogen) atoms. The molecule has 2 heterocycles. The van der Waals surface area contributed by atoms with Crippen molar-refractivity contribution in [3.8, 4) is 45.0 Å². The quantitative estimate of drug-likeness (QED) is 0.175. The van der Waals surface area contributed by atoms with Crippen molar-refractivity contribution in [2.75, 3.05) is 0 Å². The van der Waals surface area contributed by atoms with Crippen LogP contribution in [0, 0.1) is 5.92 Å². The minimum Gasteiger partial charge on any atom is -0.256 e. The smallest absolute Gasteiger partial charge is 0.164 e. The van der Waals surface area contributed by atoms with Crippen molar-refractivity contribution < 1.29 is 0 Å². The van der Waals surface area contributed by atoms with Gasteiger partial charge in [0.2, 0.25) is 0 Å². The van der Waals surface area contributed by atoms with Gasteiger partial charge in [-0.25, -0.2) is 15.0 Å². The highest BCUT2D eigenvalue weighted by Crippen LogP contribution is 2.65. The second kappa shape index (κ2) is 14.4. The Morgan fingerprint density at radius 2 is 1.10 bits per heavy atom. The van der Waals surface area contributed by atoms with Crippen molar-refractivity contribution in [1.29, 1.82) is 0 Å². The summed E-state index contributed by atoms with van der Waals surface area (Å²) in [6, 6.07) is 56.1. The van der Waals surface area contributed by atoms with Crippen molar-refractivity contribution in [3.63, 3.8) is 0 Å². The zero-order valence-electron chi connectivity index (χ0n) is 33.4. The molecule has 6 aromatic carbocycles. The number of para-hydroxylation sites is 1. The van der Waals surface area contributed by atoms with E-state index < -0.39 is 5.41 Å². The van der Waals surface area contributed by atoms with Crippen LogP contribution >= 0.6 is 0 Å². The fourth-order valence-corrected chi connectivity index (χ4v) is 9.67.